The maximum absolute atomic E-state index is 11.3. The van der Waals surface area contributed by atoms with Gasteiger partial charge in [-0.25, -0.2) is 4.98 Å². The second-order valence-electron chi connectivity index (χ2n) is 5.65. The van der Waals surface area contributed by atoms with E-state index in [9.17, 15) is 9.90 Å². The minimum absolute atomic E-state index is 0.0208. The van der Waals surface area contributed by atoms with Crippen LogP contribution in [0.25, 0.3) is 0 Å². The molecular formula is C13H19N3O2. The van der Waals surface area contributed by atoms with E-state index in [1.165, 1.54) is 12.8 Å². The molecule has 0 amide bonds. The number of nitrogens with zero attached hydrogens (tertiary/aromatic N) is 2. The Labute approximate surface area is 106 Å². The zero-order valence-electron chi connectivity index (χ0n) is 10.6. The molecule has 2 fully saturated rings. The van der Waals surface area contributed by atoms with Crippen molar-refractivity contribution in [3.63, 3.8) is 0 Å². The van der Waals surface area contributed by atoms with Crippen LogP contribution in [0.1, 0.15) is 62.5 Å². The van der Waals surface area contributed by atoms with Gasteiger partial charge < -0.3 is 5.11 Å². The lowest BCUT2D eigenvalue weighted by Gasteiger charge is -2.11. The second kappa shape index (κ2) is 4.37. The largest absolute Gasteiger partial charge is 0.481 e. The molecule has 5 nitrogen and oxygen atoms in total. The van der Waals surface area contributed by atoms with E-state index in [0.717, 1.165) is 30.9 Å². The van der Waals surface area contributed by atoms with Crippen LogP contribution in [-0.4, -0.2) is 26.3 Å². The van der Waals surface area contributed by atoms with Crippen LogP contribution in [0.5, 0.6) is 0 Å². The van der Waals surface area contributed by atoms with Crippen molar-refractivity contribution in [2.45, 2.75) is 50.9 Å². The number of aromatic amines is 1. The van der Waals surface area contributed by atoms with Gasteiger partial charge in [-0.1, -0.05) is 13.3 Å². The lowest BCUT2D eigenvalue weighted by Crippen LogP contribution is -2.17. The number of carboxylic acid groups (broad SMARTS) is 1. The molecule has 2 aliphatic rings. The van der Waals surface area contributed by atoms with Crippen molar-refractivity contribution in [1.29, 1.82) is 0 Å². The molecule has 0 radical (unpaired) electrons. The molecule has 5 heteroatoms. The summed E-state index contributed by atoms with van der Waals surface area (Å²) in [7, 11) is 0. The quantitative estimate of drug-likeness (QED) is 0.858. The highest BCUT2D eigenvalue weighted by Gasteiger charge is 2.41. The molecule has 1 aromatic heterocycles. The van der Waals surface area contributed by atoms with Gasteiger partial charge in [0.25, 0.3) is 0 Å². The molecule has 2 saturated carbocycles. The first kappa shape index (κ1) is 11.7. The molecule has 2 aliphatic carbocycles. The van der Waals surface area contributed by atoms with Gasteiger partial charge in [-0.05, 0) is 31.6 Å². The molecule has 3 atom stereocenters. The van der Waals surface area contributed by atoms with E-state index in [0.29, 0.717) is 11.8 Å². The van der Waals surface area contributed by atoms with Crippen LogP contribution < -0.4 is 0 Å². The van der Waals surface area contributed by atoms with E-state index >= 15 is 0 Å². The van der Waals surface area contributed by atoms with Gasteiger partial charge in [-0.2, -0.15) is 5.10 Å². The third kappa shape index (κ3) is 2.02. The predicted octanol–water partition coefficient (Wildman–Crippen LogP) is 2.29. The standard InChI is InChI=1S/C13H19N3O2/c1-2-7-5-9(10(6-7)13(17)18)12-14-11(15-16-12)8-3-4-8/h7-10H,2-6H2,1H3,(H,17,18)(H,14,15,16). The van der Waals surface area contributed by atoms with Crippen molar-refractivity contribution in [3.05, 3.63) is 11.6 Å². The van der Waals surface area contributed by atoms with Gasteiger partial charge >= 0.3 is 5.97 Å². The SMILES string of the molecule is CCC1CC(C(=O)O)C(c2nc(C3CC3)n[nH]2)C1. The summed E-state index contributed by atoms with van der Waals surface area (Å²) >= 11 is 0. The van der Waals surface area contributed by atoms with E-state index in [2.05, 4.69) is 22.1 Å². The van der Waals surface area contributed by atoms with Crippen LogP contribution in [0.2, 0.25) is 0 Å². The number of hydrogen-bond donors (Lipinski definition) is 2. The normalized spacial score (nSPS) is 31.7. The average molecular weight is 249 g/mol. The molecule has 1 aromatic rings. The van der Waals surface area contributed by atoms with Crippen molar-refractivity contribution in [2.75, 3.05) is 0 Å². The van der Waals surface area contributed by atoms with Crippen LogP contribution in [0.15, 0.2) is 0 Å². The maximum atomic E-state index is 11.3. The van der Waals surface area contributed by atoms with Crippen LogP contribution in [0.3, 0.4) is 0 Å². The summed E-state index contributed by atoms with van der Waals surface area (Å²) in [5, 5.41) is 16.5. The van der Waals surface area contributed by atoms with Gasteiger partial charge in [0.15, 0.2) is 5.82 Å². The van der Waals surface area contributed by atoms with Gasteiger partial charge in [0.2, 0.25) is 0 Å². The number of carboxylic acids is 1. The van der Waals surface area contributed by atoms with Crippen molar-refractivity contribution in [3.8, 4) is 0 Å². The number of aromatic nitrogens is 3. The molecule has 18 heavy (non-hydrogen) atoms. The number of nitrogens with one attached hydrogen (secondary N) is 1. The molecular weight excluding hydrogens is 230 g/mol. The molecule has 0 aromatic carbocycles. The lowest BCUT2D eigenvalue weighted by atomic mass is 9.96. The molecule has 1 heterocycles. The first-order valence-corrected chi connectivity index (χ1v) is 6.84. The van der Waals surface area contributed by atoms with Crippen molar-refractivity contribution in [2.24, 2.45) is 11.8 Å². The number of aliphatic carboxylic acids is 1. The van der Waals surface area contributed by atoms with Crippen LogP contribution in [-0.2, 0) is 4.79 Å². The molecule has 98 valence electrons. The fourth-order valence-corrected chi connectivity index (χ4v) is 3.03. The summed E-state index contributed by atoms with van der Waals surface area (Å²) in [5.41, 5.74) is 0. The summed E-state index contributed by atoms with van der Waals surface area (Å²) in [6.45, 7) is 2.13. The van der Waals surface area contributed by atoms with Gasteiger partial charge in [-0.3, -0.25) is 9.89 Å². The van der Waals surface area contributed by atoms with Crippen molar-refractivity contribution >= 4 is 5.97 Å². The Morgan fingerprint density at radius 1 is 1.44 bits per heavy atom. The Hall–Kier alpha value is -1.39. The summed E-state index contributed by atoms with van der Waals surface area (Å²) in [4.78, 5) is 15.9. The van der Waals surface area contributed by atoms with Crippen LogP contribution in [0.4, 0.5) is 0 Å². The Kier molecular flexibility index (Phi) is 2.84. The topological polar surface area (TPSA) is 78.9 Å². The number of rotatable bonds is 4. The fraction of sp³-hybridized carbons (Fsp3) is 0.769. The molecule has 0 bridgehead atoms. The Bertz CT molecular complexity index is 453. The smallest absolute Gasteiger partial charge is 0.307 e. The zero-order chi connectivity index (χ0) is 12.7. The van der Waals surface area contributed by atoms with Gasteiger partial charge in [0, 0.05) is 11.8 Å². The lowest BCUT2D eigenvalue weighted by molar-refractivity contribution is -0.142. The van der Waals surface area contributed by atoms with E-state index in [1.54, 1.807) is 0 Å². The monoisotopic (exact) mass is 249 g/mol. The maximum Gasteiger partial charge on any atom is 0.307 e. The van der Waals surface area contributed by atoms with Gasteiger partial charge in [0.1, 0.15) is 5.82 Å². The highest BCUT2D eigenvalue weighted by Crippen LogP contribution is 2.44. The second-order valence-corrected chi connectivity index (χ2v) is 5.65. The Morgan fingerprint density at radius 3 is 2.83 bits per heavy atom. The number of carbonyl (C=O) groups is 1. The average Bonchev–Trinajstić information content (AvgIpc) is 2.94. The molecule has 3 rings (SSSR count). The number of hydrogen-bond acceptors (Lipinski definition) is 3. The van der Waals surface area contributed by atoms with Gasteiger partial charge in [0.05, 0.1) is 5.92 Å². The molecule has 0 saturated heterocycles. The van der Waals surface area contributed by atoms with E-state index in [1.807, 2.05) is 0 Å². The highest BCUT2D eigenvalue weighted by atomic mass is 16.4. The van der Waals surface area contributed by atoms with Crippen LogP contribution >= 0.6 is 0 Å². The third-order valence-corrected chi connectivity index (χ3v) is 4.37. The van der Waals surface area contributed by atoms with Crippen LogP contribution in [0, 0.1) is 11.8 Å². The van der Waals surface area contributed by atoms with Crippen molar-refractivity contribution in [1.82, 2.24) is 15.2 Å². The predicted molar refractivity (Wildman–Crippen MR) is 65.2 cm³/mol. The first-order valence-electron chi connectivity index (χ1n) is 6.84. The summed E-state index contributed by atoms with van der Waals surface area (Å²) < 4.78 is 0. The molecule has 2 N–H and O–H groups in total. The van der Waals surface area contributed by atoms with Crippen molar-refractivity contribution < 1.29 is 9.90 Å². The minimum Gasteiger partial charge on any atom is -0.481 e. The van der Waals surface area contributed by atoms with E-state index in [4.69, 9.17) is 0 Å². The molecule has 0 aliphatic heterocycles. The highest BCUT2D eigenvalue weighted by molar-refractivity contribution is 5.71. The minimum atomic E-state index is -0.694. The Balaban J connectivity index is 1.81. The summed E-state index contributed by atoms with van der Waals surface area (Å²) in [5.74, 6) is 1.73. The number of H-pyrrole nitrogens is 1. The molecule has 0 spiro atoms. The van der Waals surface area contributed by atoms with E-state index in [-0.39, 0.29) is 11.8 Å². The third-order valence-electron chi connectivity index (χ3n) is 4.37. The van der Waals surface area contributed by atoms with E-state index < -0.39 is 5.97 Å². The van der Waals surface area contributed by atoms with Gasteiger partial charge in [-0.15, -0.1) is 0 Å². The first-order chi connectivity index (χ1) is 8.69. The summed E-state index contributed by atoms with van der Waals surface area (Å²) in [6, 6.07) is 0. The Morgan fingerprint density at radius 2 is 2.22 bits per heavy atom. The summed E-state index contributed by atoms with van der Waals surface area (Å²) in [6.07, 6.45) is 5.08. The zero-order valence-corrected chi connectivity index (χ0v) is 10.6. The fourth-order valence-electron chi connectivity index (χ4n) is 3.03. The molecule has 3 unspecified atom stereocenters.